The lowest BCUT2D eigenvalue weighted by Crippen LogP contribution is -2.26. The topological polar surface area (TPSA) is 52.6 Å². The third kappa shape index (κ3) is 6.29. The molecule has 0 saturated heterocycles. The lowest BCUT2D eigenvalue weighted by Gasteiger charge is -2.27. The second kappa shape index (κ2) is 11.8. The maximum atomic E-state index is 14.5. The van der Waals surface area contributed by atoms with Gasteiger partial charge in [-0.2, -0.15) is 8.78 Å². The van der Waals surface area contributed by atoms with Crippen LogP contribution in [0.25, 0.3) is 0 Å². The van der Waals surface area contributed by atoms with Crippen LogP contribution in [0.4, 0.5) is 8.78 Å². The number of carbonyl (C=O) groups excluding carboxylic acids is 2. The second-order valence-corrected chi connectivity index (χ2v) is 9.54. The molecule has 2 aliphatic carbocycles. The number of rotatable bonds is 8. The number of halogens is 2. The minimum absolute atomic E-state index is 0.286. The first-order valence-corrected chi connectivity index (χ1v) is 12.3. The van der Waals surface area contributed by atoms with Gasteiger partial charge >= 0.3 is 11.9 Å². The van der Waals surface area contributed by atoms with Crippen LogP contribution in [0, 0.1) is 35.3 Å². The summed E-state index contributed by atoms with van der Waals surface area (Å²) in [4.78, 5) is 24.9. The van der Waals surface area contributed by atoms with Crippen molar-refractivity contribution in [1.29, 1.82) is 0 Å². The molecule has 0 aliphatic heterocycles. The molecule has 1 aromatic carbocycles. The van der Waals surface area contributed by atoms with Crippen molar-refractivity contribution in [1.82, 2.24) is 0 Å². The van der Waals surface area contributed by atoms with Crippen LogP contribution >= 0.6 is 0 Å². The van der Waals surface area contributed by atoms with E-state index in [-0.39, 0.29) is 11.8 Å². The van der Waals surface area contributed by atoms with Crippen LogP contribution in [-0.2, 0) is 9.59 Å². The SMILES string of the molecule is CCC[C@H]1CC[C@H](C(=O)Oc2ccc(OC(=O)[C@H]3CC[C@H](CCC)CC3)c(F)c2F)CC1. The van der Waals surface area contributed by atoms with Crippen LogP contribution < -0.4 is 9.47 Å². The predicted molar refractivity (Wildman–Crippen MR) is 118 cm³/mol. The van der Waals surface area contributed by atoms with Crippen LogP contribution in [0.15, 0.2) is 12.1 Å². The fraction of sp³-hybridized carbons (Fsp3) is 0.692. The first-order valence-electron chi connectivity index (χ1n) is 12.3. The van der Waals surface area contributed by atoms with E-state index in [2.05, 4.69) is 13.8 Å². The van der Waals surface area contributed by atoms with Gasteiger partial charge in [0, 0.05) is 0 Å². The molecule has 2 aliphatic rings. The quantitative estimate of drug-likeness (QED) is 0.316. The fourth-order valence-corrected chi connectivity index (χ4v) is 5.25. The zero-order valence-corrected chi connectivity index (χ0v) is 19.3. The highest BCUT2D eigenvalue weighted by Crippen LogP contribution is 2.35. The van der Waals surface area contributed by atoms with E-state index in [0.29, 0.717) is 37.5 Å². The molecule has 0 unspecified atom stereocenters. The third-order valence-corrected chi connectivity index (χ3v) is 7.19. The fourth-order valence-electron chi connectivity index (χ4n) is 5.25. The Kier molecular flexibility index (Phi) is 9.06. The summed E-state index contributed by atoms with van der Waals surface area (Å²) in [6.07, 6.45) is 11.2. The Morgan fingerprint density at radius 2 is 1.06 bits per heavy atom. The lowest BCUT2D eigenvalue weighted by atomic mass is 9.80. The molecule has 32 heavy (non-hydrogen) atoms. The van der Waals surface area contributed by atoms with Crippen LogP contribution in [0.1, 0.15) is 90.9 Å². The average molecular weight is 451 g/mol. The van der Waals surface area contributed by atoms with Crippen molar-refractivity contribution < 1.29 is 27.8 Å². The van der Waals surface area contributed by atoms with Gasteiger partial charge in [-0.05, 0) is 75.3 Å². The largest absolute Gasteiger partial charge is 0.423 e. The summed E-state index contributed by atoms with van der Waals surface area (Å²) in [7, 11) is 0. The molecule has 2 saturated carbocycles. The van der Waals surface area contributed by atoms with Gasteiger partial charge in [0.2, 0.25) is 11.6 Å². The van der Waals surface area contributed by atoms with Gasteiger partial charge in [0.15, 0.2) is 11.5 Å². The van der Waals surface area contributed by atoms with Gasteiger partial charge in [-0.3, -0.25) is 9.59 Å². The van der Waals surface area contributed by atoms with E-state index in [9.17, 15) is 18.4 Å². The van der Waals surface area contributed by atoms with Gasteiger partial charge in [0.25, 0.3) is 0 Å². The summed E-state index contributed by atoms with van der Waals surface area (Å²) < 4.78 is 39.4. The molecule has 0 amide bonds. The molecule has 1 aromatic rings. The van der Waals surface area contributed by atoms with E-state index < -0.39 is 35.1 Å². The summed E-state index contributed by atoms with van der Waals surface area (Å²) in [5.74, 6) is -3.85. The highest BCUT2D eigenvalue weighted by atomic mass is 19.2. The molecule has 0 atom stereocenters. The number of hydrogen-bond donors (Lipinski definition) is 0. The van der Waals surface area contributed by atoms with Crippen LogP contribution in [-0.4, -0.2) is 11.9 Å². The van der Waals surface area contributed by atoms with Crippen molar-refractivity contribution in [3.8, 4) is 11.5 Å². The van der Waals surface area contributed by atoms with E-state index in [1.807, 2.05) is 0 Å². The maximum Gasteiger partial charge on any atom is 0.314 e. The molecule has 0 spiro atoms. The van der Waals surface area contributed by atoms with E-state index in [4.69, 9.17) is 9.47 Å². The van der Waals surface area contributed by atoms with Crippen molar-refractivity contribution in [2.75, 3.05) is 0 Å². The summed E-state index contributed by atoms with van der Waals surface area (Å²) in [5, 5.41) is 0. The minimum atomic E-state index is -1.30. The summed E-state index contributed by atoms with van der Waals surface area (Å²) in [6, 6.07) is 2.33. The highest BCUT2D eigenvalue weighted by Gasteiger charge is 2.30. The molecule has 0 aromatic heterocycles. The maximum absolute atomic E-state index is 14.5. The lowest BCUT2D eigenvalue weighted by molar-refractivity contribution is -0.141. The zero-order valence-electron chi connectivity index (χ0n) is 19.3. The highest BCUT2D eigenvalue weighted by molar-refractivity contribution is 5.76. The summed E-state index contributed by atoms with van der Waals surface area (Å²) >= 11 is 0. The van der Waals surface area contributed by atoms with Crippen molar-refractivity contribution >= 4 is 11.9 Å². The molecule has 0 radical (unpaired) electrons. The monoisotopic (exact) mass is 450 g/mol. The van der Waals surface area contributed by atoms with Gasteiger partial charge in [0.1, 0.15) is 0 Å². The predicted octanol–water partition coefficient (Wildman–Crippen LogP) is 6.99. The molecule has 6 heteroatoms. The molecular formula is C26H36F2O4. The number of carbonyl (C=O) groups is 2. The van der Waals surface area contributed by atoms with Crippen LogP contribution in [0.3, 0.4) is 0 Å². The molecule has 3 rings (SSSR count). The Morgan fingerprint density at radius 3 is 1.38 bits per heavy atom. The van der Waals surface area contributed by atoms with Gasteiger partial charge < -0.3 is 9.47 Å². The Hall–Kier alpha value is -1.98. The van der Waals surface area contributed by atoms with E-state index in [0.717, 1.165) is 51.4 Å². The van der Waals surface area contributed by atoms with Crippen LogP contribution in [0.2, 0.25) is 0 Å². The Balaban J connectivity index is 1.55. The third-order valence-electron chi connectivity index (χ3n) is 7.19. The first-order chi connectivity index (χ1) is 15.4. The number of esters is 2. The van der Waals surface area contributed by atoms with E-state index >= 15 is 0 Å². The standard InChI is InChI=1S/C26H36F2O4/c1-3-5-17-7-11-19(12-8-17)25(29)31-21-15-16-22(24(28)23(21)27)32-26(30)20-13-9-18(6-4-2)10-14-20/h15-20H,3-14H2,1-2H3/t17-,18-,19-,20-. The smallest absolute Gasteiger partial charge is 0.314 e. The molecule has 2 fully saturated rings. The molecule has 178 valence electrons. The Morgan fingerprint density at radius 1 is 0.719 bits per heavy atom. The molecule has 0 bridgehead atoms. The first kappa shape index (κ1) is 24.7. The van der Waals surface area contributed by atoms with Gasteiger partial charge in [-0.25, -0.2) is 0 Å². The zero-order chi connectivity index (χ0) is 23.1. The van der Waals surface area contributed by atoms with Crippen molar-refractivity contribution in [3.63, 3.8) is 0 Å². The van der Waals surface area contributed by atoms with E-state index in [1.165, 1.54) is 12.1 Å². The number of hydrogen-bond acceptors (Lipinski definition) is 4. The molecule has 0 heterocycles. The molecular weight excluding hydrogens is 414 g/mol. The molecule has 4 nitrogen and oxygen atoms in total. The summed E-state index contributed by atoms with van der Waals surface area (Å²) in [6.45, 7) is 4.30. The second-order valence-electron chi connectivity index (χ2n) is 9.54. The van der Waals surface area contributed by atoms with Crippen molar-refractivity contribution in [2.45, 2.75) is 90.9 Å². The van der Waals surface area contributed by atoms with Crippen LogP contribution in [0.5, 0.6) is 11.5 Å². The van der Waals surface area contributed by atoms with Gasteiger partial charge in [0.05, 0.1) is 11.8 Å². The minimum Gasteiger partial charge on any atom is -0.423 e. The molecule has 0 N–H and O–H groups in total. The van der Waals surface area contributed by atoms with Gasteiger partial charge in [-0.15, -0.1) is 0 Å². The van der Waals surface area contributed by atoms with Gasteiger partial charge in [-0.1, -0.05) is 39.5 Å². The number of benzene rings is 1. The van der Waals surface area contributed by atoms with Crippen molar-refractivity contribution in [2.24, 2.45) is 23.7 Å². The van der Waals surface area contributed by atoms with Crippen molar-refractivity contribution in [3.05, 3.63) is 23.8 Å². The normalized spacial score (nSPS) is 25.9. The summed E-state index contributed by atoms with van der Waals surface area (Å²) in [5.41, 5.74) is 0. The van der Waals surface area contributed by atoms with E-state index in [1.54, 1.807) is 0 Å². The Bertz CT molecular complexity index is 713. The average Bonchev–Trinajstić information content (AvgIpc) is 2.80. The number of ether oxygens (including phenoxy) is 2. The Labute approximate surface area is 190 Å².